The molecule has 0 heterocycles. The van der Waals surface area contributed by atoms with E-state index in [2.05, 4.69) is 19.1 Å². The van der Waals surface area contributed by atoms with Gasteiger partial charge in [-0.05, 0) is 83.9 Å². The number of primary amides is 1. The third kappa shape index (κ3) is 2.95. The first kappa shape index (κ1) is 18.9. The van der Waals surface area contributed by atoms with E-state index in [1.807, 2.05) is 24.3 Å². The lowest BCUT2D eigenvalue weighted by Crippen LogP contribution is -2.29. The van der Waals surface area contributed by atoms with E-state index in [0.29, 0.717) is 17.4 Å². The molecule has 1 amide bonds. The average Bonchev–Trinajstić information content (AvgIpc) is 2.95. The summed E-state index contributed by atoms with van der Waals surface area (Å²) in [7, 11) is 0. The molecule has 6 N–H and O–H groups in total. The zero-order valence-electron chi connectivity index (χ0n) is 16.7. The Kier molecular flexibility index (Phi) is 4.82. The number of anilines is 2. The highest BCUT2D eigenvalue weighted by Gasteiger charge is 2.51. The molecule has 148 valence electrons. The smallest absolute Gasteiger partial charge is 0.248 e. The van der Waals surface area contributed by atoms with Crippen molar-refractivity contribution in [3.63, 3.8) is 0 Å². The summed E-state index contributed by atoms with van der Waals surface area (Å²) in [5.41, 5.74) is 24.9. The number of fused-ring (bicyclic) bond motifs is 5. The SMILES string of the molecule is CCCCCC12CCC(c3ccc(C(N)=O)cc3)C(C1)c1c(N)ccc(N)c12. The third-order valence-corrected chi connectivity index (χ3v) is 7.13. The van der Waals surface area contributed by atoms with Crippen LogP contribution in [0, 0.1) is 0 Å². The highest BCUT2D eigenvalue weighted by atomic mass is 16.1. The number of hydrogen-bond acceptors (Lipinski definition) is 3. The predicted octanol–water partition coefficient (Wildman–Crippen LogP) is 4.83. The van der Waals surface area contributed by atoms with Gasteiger partial charge >= 0.3 is 0 Å². The van der Waals surface area contributed by atoms with Crippen LogP contribution < -0.4 is 17.2 Å². The van der Waals surface area contributed by atoms with Crippen LogP contribution >= 0.6 is 0 Å². The largest absolute Gasteiger partial charge is 0.398 e. The van der Waals surface area contributed by atoms with Gasteiger partial charge < -0.3 is 17.2 Å². The number of carbonyl (C=O) groups is 1. The molecule has 0 radical (unpaired) electrons. The van der Waals surface area contributed by atoms with Crippen molar-refractivity contribution in [3.05, 3.63) is 58.7 Å². The maximum Gasteiger partial charge on any atom is 0.248 e. The minimum absolute atomic E-state index is 0.179. The van der Waals surface area contributed by atoms with E-state index in [0.717, 1.165) is 30.6 Å². The lowest BCUT2D eigenvalue weighted by atomic mass is 9.65. The highest BCUT2D eigenvalue weighted by molar-refractivity contribution is 5.92. The Labute approximate surface area is 167 Å². The van der Waals surface area contributed by atoms with Gasteiger partial charge in [-0.25, -0.2) is 0 Å². The molecule has 1 fully saturated rings. The standard InChI is InChI=1S/C24H31N3O/c1-2-3-4-12-24-13-11-17(15-5-7-16(8-6-15)23(27)28)18(14-24)21-19(25)9-10-20(26)22(21)24/h5-10,17-18H,2-4,11-14,25-26H2,1H3,(H2,27,28). The number of rotatable bonds is 6. The van der Waals surface area contributed by atoms with Gasteiger partial charge in [-0.15, -0.1) is 0 Å². The van der Waals surface area contributed by atoms with E-state index in [4.69, 9.17) is 17.2 Å². The summed E-state index contributed by atoms with van der Waals surface area (Å²) < 4.78 is 0. The van der Waals surface area contributed by atoms with Crippen LogP contribution in [-0.2, 0) is 5.41 Å². The van der Waals surface area contributed by atoms with Crippen LogP contribution in [0.25, 0.3) is 0 Å². The van der Waals surface area contributed by atoms with Gasteiger partial charge in [-0.3, -0.25) is 4.79 Å². The molecule has 1 saturated carbocycles. The molecule has 4 nitrogen and oxygen atoms in total. The van der Waals surface area contributed by atoms with Crippen molar-refractivity contribution in [2.24, 2.45) is 5.73 Å². The molecule has 0 saturated heterocycles. The highest BCUT2D eigenvalue weighted by Crippen LogP contribution is 2.63. The van der Waals surface area contributed by atoms with Crippen molar-refractivity contribution in [3.8, 4) is 0 Å². The minimum atomic E-state index is -0.381. The van der Waals surface area contributed by atoms with E-state index in [9.17, 15) is 4.79 Å². The number of nitrogens with two attached hydrogens (primary N) is 3. The Morgan fingerprint density at radius 2 is 1.75 bits per heavy atom. The molecule has 0 aromatic heterocycles. The number of hydrogen-bond donors (Lipinski definition) is 3. The number of amides is 1. The van der Waals surface area contributed by atoms with E-state index in [1.165, 1.54) is 42.4 Å². The molecule has 2 bridgehead atoms. The fourth-order valence-corrected chi connectivity index (χ4v) is 5.83. The average molecular weight is 378 g/mol. The van der Waals surface area contributed by atoms with Crippen molar-refractivity contribution in [1.29, 1.82) is 0 Å². The predicted molar refractivity (Wildman–Crippen MR) is 115 cm³/mol. The summed E-state index contributed by atoms with van der Waals surface area (Å²) >= 11 is 0. The second-order valence-electron chi connectivity index (χ2n) is 8.71. The van der Waals surface area contributed by atoms with E-state index >= 15 is 0 Å². The van der Waals surface area contributed by atoms with Crippen molar-refractivity contribution < 1.29 is 4.79 Å². The maximum atomic E-state index is 11.4. The van der Waals surface area contributed by atoms with E-state index < -0.39 is 0 Å². The summed E-state index contributed by atoms with van der Waals surface area (Å²) in [6.07, 6.45) is 8.35. The Hall–Kier alpha value is -2.49. The van der Waals surface area contributed by atoms with Crippen molar-refractivity contribution in [2.45, 2.75) is 69.1 Å². The summed E-state index contributed by atoms with van der Waals surface area (Å²) in [6.45, 7) is 2.25. The molecule has 2 aliphatic carbocycles. The van der Waals surface area contributed by atoms with Crippen LogP contribution in [0.5, 0.6) is 0 Å². The monoisotopic (exact) mass is 377 g/mol. The fraction of sp³-hybridized carbons (Fsp3) is 0.458. The van der Waals surface area contributed by atoms with Crippen LogP contribution in [0.2, 0.25) is 0 Å². The van der Waals surface area contributed by atoms with Crippen LogP contribution in [0.15, 0.2) is 36.4 Å². The number of carbonyl (C=O) groups excluding carboxylic acids is 1. The van der Waals surface area contributed by atoms with Crippen LogP contribution in [-0.4, -0.2) is 5.91 Å². The second-order valence-corrected chi connectivity index (χ2v) is 8.71. The van der Waals surface area contributed by atoms with E-state index in [-0.39, 0.29) is 11.3 Å². The van der Waals surface area contributed by atoms with Gasteiger partial charge in [0.15, 0.2) is 0 Å². The van der Waals surface area contributed by atoms with Gasteiger partial charge in [0.25, 0.3) is 0 Å². The summed E-state index contributed by atoms with van der Waals surface area (Å²) in [4.78, 5) is 11.4. The Bertz CT molecular complexity index is 889. The normalized spacial score (nSPS) is 25.5. The fourth-order valence-electron chi connectivity index (χ4n) is 5.83. The number of unbranched alkanes of at least 4 members (excludes halogenated alkanes) is 2. The maximum absolute atomic E-state index is 11.4. The second kappa shape index (κ2) is 7.16. The van der Waals surface area contributed by atoms with Gasteiger partial charge in [0.1, 0.15) is 0 Å². The number of benzene rings is 2. The van der Waals surface area contributed by atoms with Crippen molar-refractivity contribution in [1.82, 2.24) is 0 Å². The quantitative estimate of drug-likeness (QED) is 0.497. The van der Waals surface area contributed by atoms with E-state index in [1.54, 1.807) is 0 Å². The Morgan fingerprint density at radius 3 is 2.43 bits per heavy atom. The molecule has 28 heavy (non-hydrogen) atoms. The summed E-state index contributed by atoms with van der Waals surface area (Å²) in [6, 6.07) is 11.8. The van der Waals surface area contributed by atoms with Gasteiger partial charge in [-0.2, -0.15) is 0 Å². The molecular formula is C24H31N3O. The molecule has 4 rings (SSSR count). The zero-order valence-corrected chi connectivity index (χ0v) is 16.7. The van der Waals surface area contributed by atoms with Gasteiger partial charge in [-0.1, -0.05) is 38.3 Å². The molecular weight excluding hydrogens is 346 g/mol. The lowest BCUT2D eigenvalue weighted by molar-refractivity contribution is 0.100. The first-order valence-corrected chi connectivity index (χ1v) is 10.5. The summed E-state index contributed by atoms with van der Waals surface area (Å²) in [5, 5.41) is 0. The minimum Gasteiger partial charge on any atom is -0.398 e. The Morgan fingerprint density at radius 1 is 1.04 bits per heavy atom. The molecule has 0 aliphatic heterocycles. The lowest BCUT2D eigenvalue weighted by Gasteiger charge is -2.39. The molecule has 0 spiro atoms. The van der Waals surface area contributed by atoms with Crippen LogP contribution in [0.4, 0.5) is 11.4 Å². The Balaban J connectivity index is 1.73. The van der Waals surface area contributed by atoms with Crippen molar-refractivity contribution in [2.75, 3.05) is 11.5 Å². The molecule has 3 atom stereocenters. The molecule has 4 heteroatoms. The number of nitrogen functional groups attached to an aromatic ring is 2. The van der Waals surface area contributed by atoms with Crippen LogP contribution in [0.3, 0.4) is 0 Å². The molecule has 2 aliphatic rings. The first-order chi connectivity index (χ1) is 13.5. The zero-order chi connectivity index (χ0) is 19.9. The van der Waals surface area contributed by atoms with Gasteiger partial charge in [0.2, 0.25) is 5.91 Å². The molecule has 2 aromatic carbocycles. The molecule has 3 unspecified atom stereocenters. The third-order valence-electron chi connectivity index (χ3n) is 7.13. The molecule has 2 aromatic rings. The van der Waals surface area contributed by atoms with Gasteiger partial charge in [0.05, 0.1) is 0 Å². The van der Waals surface area contributed by atoms with Gasteiger partial charge in [0, 0.05) is 16.9 Å². The first-order valence-electron chi connectivity index (χ1n) is 10.5. The topological polar surface area (TPSA) is 95.1 Å². The summed E-state index contributed by atoms with van der Waals surface area (Å²) in [5.74, 6) is 0.424. The van der Waals surface area contributed by atoms with Crippen LogP contribution in [0.1, 0.15) is 90.8 Å². The van der Waals surface area contributed by atoms with Crippen molar-refractivity contribution >= 4 is 17.3 Å².